The van der Waals surface area contributed by atoms with Crippen LogP contribution < -0.4 is 27.6 Å². The van der Waals surface area contributed by atoms with Gasteiger partial charge in [-0.15, -0.1) is 0 Å². The van der Waals surface area contributed by atoms with Gasteiger partial charge in [0.05, 0.1) is 6.10 Å². The summed E-state index contributed by atoms with van der Waals surface area (Å²) in [6.07, 6.45) is 3.10. The Kier molecular flexibility index (Phi) is 10.8. The Morgan fingerprint density at radius 1 is 1.17 bits per heavy atom. The number of primary amides is 1. The van der Waals surface area contributed by atoms with E-state index in [0.29, 0.717) is 32.1 Å². The van der Waals surface area contributed by atoms with E-state index in [1.54, 1.807) is 6.08 Å². The number of hydrogen-bond acceptors (Lipinski definition) is 10. The Hall–Kier alpha value is -3.53. The fourth-order valence-corrected chi connectivity index (χ4v) is 4.61. The smallest absolute Gasteiger partial charge is 0.330 e. The van der Waals surface area contributed by atoms with Crippen LogP contribution in [-0.4, -0.2) is 73.9 Å². The van der Waals surface area contributed by atoms with Crippen molar-refractivity contribution in [2.75, 3.05) is 0 Å². The summed E-state index contributed by atoms with van der Waals surface area (Å²) in [6.45, 7) is 4.52. The zero-order valence-electron chi connectivity index (χ0n) is 23.3. The highest BCUT2D eigenvalue weighted by molar-refractivity contribution is 5.95. The molecule has 3 amide bonds. The lowest BCUT2D eigenvalue weighted by molar-refractivity contribution is -0.195. The fourth-order valence-electron chi connectivity index (χ4n) is 4.61. The number of ether oxygens (including phenoxy) is 3. The maximum atomic E-state index is 12.8. The number of allylic oxidation sites excluding steroid dienone is 1. The quantitative estimate of drug-likeness (QED) is 0.215. The van der Waals surface area contributed by atoms with Crippen LogP contribution in [0, 0.1) is 0 Å². The molecule has 3 aliphatic heterocycles. The number of aromatic amines is 1. The summed E-state index contributed by atoms with van der Waals surface area (Å²) in [6, 6.07) is 0.592. The Morgan fingerprint density at radius 2 is 1.88 bits per heavy atom. The molecule has 1 aromatic rings. The van der Waals surface area contributed by atoms with E-state index in [4.69, 9.17) is 30.2 Å². The summed E-state index contributed by atoms with van der Waals surface area (Å²) in [5, 5.41) is 21.7. The standard InChI is InChI=1S/C23H31N5O8.C3H8O2/c1-12-4-2-5-13(21(31)25-12)26-22(32)15-6-3-7-18(35-15)36-19(20(24)30)14-8-9-17(34-14)28-11-10-16(29)27-23(28)33;1-3(2,4)5/h6,10-14,17-19H,2-5,7-9H2,1H3,(H2,24,30)(H,25,31)(H,26,32)(H,27,29,33);4-5H,1-2H3. The van der Waals surface area contributed by atoms with Crippen LogP contribution in [0.15, 0.2) is 33.7 Å². The van der Waals surface area contributed by atoms with Gasteiger partial charge in [0.25, 0.3) is 11.5 Å². The van der Waals surface area contributed by atoms with Gasteiger partial charge in [-0.1, -0.05) is 0 Å². The van der Waals surface area contributed by atoms with E-state index in [0.717, 1.165) is 12.8 Å². The van der Waals surface area contributed by atoms with E-state index >= 15 is 0 Å². The zero-order valence-corrected chi connectivity index (χ0v) is 23.3. The number of rotatable bonds is 7. The first kappa shape index (κ1) is 32.0. The number of aromatic nitrogens is 2. The summed E-state index contributed by atoms with van der Waals surface area (Å²) < 4.78 is 18.6. The molecule has 0 spiro atoms. The normalized spacial score (nSPS) is 27.2. The average Bonchev–Trinajstić information content (AvgIpc) is 3.28. The number of hydrogen-bond donors (Lipinski definition) is 6. The van der Waals surface area contributed by atoms with Crippen molar-refractivity contribution in [3.63, 3.8) is 0 Å². The predicted octanol–water partition coefficient (Wildman–Crippen LogP) is -1.01. The number of amides is 3. The van der Waals surface area contributed by atoms with E-state index in [1.165, 1.54) is 30.7 Å². The maximum absolute atomic E-state index is 12.8. The summed E-state index contributed by atoms with van der Waals surface area (Å²) in [5.41, 5.74) is 4.42. The van der Waals surface area contributed by atoms with Gasteiger partial charge in [-0.05, 0) is 65.4 Å². The zero-order chi connectivity index (χ0) is 30.3. The Balaban J connectivity index is 0.000000850. The average molecular weight is 582 g/mol. The lowest BCUT2D eigenvalue weighted by Gasteiger charge is -2.30. The Labute approximate surface area is 236 Å². The van der Waals surface area contributed by atoms with E-state index < -0.39 is 59.6 Å². The molecule has 4 rings (SSSR count). The highest BCUT2D eigenvalue weighted by Gasteiger charge is 2.39. The summed E-state index contributed by atoms with van der Waals surface area (Å²) in [7, 11) is 0. The number of nitrogens with two attached hydrogens (primary N) is 1. The largest absolute Gasteiger partial charge is 0.459 e. The molecule has 1 aromatic heterocycles. The van der Waals surface area contributed by atoms with Gasteiger partial charge in [0.2, 0.25) is 18.1 Å². The van der Waals surface area contributed by atoms with Crippen molar-refractivity contribution in [2.45, 2.75) is 108 Å². The first-order valence-electron chi connectivity index (χ1n) is 13.6. The SMILES string of the molecule is CC(C)(O)O.CC1CCCC(NC(=O)C2=CCCC(OC(C(N)=O)C3CCC(n4ccc(=O)[nH]c4=O)O3)O2)C(=O)N1. The molecule has 0 saturated carbocycles. The molecule has 2 saturated heterocycles. The van der Waals surface area contributed by atoms with E-state index in [-0.39, 0.29) is 17.7 Å². The number of carbonyl (C=O) groups is 3. The molecule has 228 valence electrons. The van der Waals surface area contributed by atoms with E-state index in [9.17, 15) is 24.0 Å². The molecule has 4 heterocycles. The highest BCUT2D eigenvalue weighted by atomic mass is 16.7. The van der Waals surface area contributed by atoms with Gasteiger partial charge in [-0.3, -0.25) is 28.7 Å². The summed E-state index contributed by atoms with van der Waals surface area (Å²) in [5.74, 6) is -3.04. The van der Waals surface area contributed by atoms with Gasteiger partial charge in [0.15, 0.2) is 17.7 Å². The third kappa shape index (κ3) is 9.81. The van der Waals surface area contributed by atoms with Crippen LogP contribution in [0.5, 0.6) is 0 Å². The topological polar surface area (TPSA) is 224 Å². The van der Waals surface area contributed by atoms with Crippen LogP contribution >= 0.6 is 0 Å². The molecule has 7 N–H and O–H groups in total. The van der Waals surface area contributed by atoms with Crippen molar-refractivity contribution >= 4 is 17.7 Å². The van der Waals surface area contributed by atoms with Crippen molar-refractivity contribution < 1.29 is 38.8 Å². The monoisotopic (exact) mass is 581 g/mol. The second kappa shape index (κ2) is 13.9. The molecule has 0 aliphatic carbocycles. The van der Waals surface area contributed by atoms with Crippen molar-refractivity contribution in [1.29, 1.82) is 0 Å². The van der Waals surface area contributed by atoms with Gasteiger partial charge in [0, 0.05) is 24.7 Å². The van der Waals surface area contributed by atoms with Crippen LogP contribution in [-0.2, 0) is 28.6 Å². The Morgan fingerprint density at radius 3 is 2.54 bits per heavy atom. The molecule has 6 unspecified atom stereocenters. The second-order valence-electron chi connectivity index (χ2n) is 10.7. The minimum absolute atomic E-state index is 0.00424. The minimum Gasteiger partial charge on any atom is -0.459 e. The molecule has 2 fully saturated rings. The van der Waals surface area contributed by atoms with Crippen LogP contribution in [0.2, 0.25) is 0 Å². The lowest BCUT2D eigenvalue weighted by atomic mass is 10.1. The fraction of sp³-hybridized carbons (Fsp3) is 0.654. The molecule has 15 nitrogen and oxygen atoms in total. The summed E-state index contributed by atoms with van der Waals surface area (Å²) >= 11 is 0. The number of nitrogens with zero attached hydrogens (tertiary/aromatic N) is 1. The molecular weight excluding hydrogens is 542 g/mol. The van der Waals surface area contributed by atoms with E-state index in [1.807, 2.05) is 6.92 Å². The Bertz CT molecular complexity index is 1230. The minimum atomic E-state index is -1.50. The lowest BCUT2D eigenvalue weighted by Crippen LogP contribution is -2.48. The van der Waals surface area contributed by atoms with Crippen LogP contribution in [0.3, 0.4) is 0 Å². The molecule has 15 heteroatoms. The van der Waals surface area contributed by atoms with E-state index in [2.05, 4.69) is 15.6 Å². The number of carbonyl (C=O) groups excluding carboxylic acids is 3. The van der Waals surface area contributed by atoms with Gasteiger partial charge < -0.3 is 40.8 Å². The molecule has 3 aliphatic rings. The molecule has 6 atom stereocenters. The number of H-pyrrole nitrogens is 1. The number of nitrogens with one attached hydrogen (secondary N) is 3. The maximum Gasteiger partial charge on any atom is 0.330 e. The highest BCUT2D eigenvalue weighted by Crippen LogP contribution is 2.31. The van der Waals surface area contributed by atoms with Crippen LogP contribution in [0.4, 0.5) is 0 Å². The predicted molar refractivity (Wildman–Crippen MR) is 143 cm³/mol. The van der Waals surface area contributed by atoms with Crippen molar-refractivity contribution in [2.24, 2.45) is 5.73 Å². The molecular formula is C26H39N5O10. The molecule has 0 bridgehead atoms. The summed E-state index contributed by atoms with van der Waals surface area (Å²) in [4.78, 5) is 62.8. The molecule has 0 aromatic carbocycles. The van der Waals surface area contributed by atoms with Gasteiger partial charge in [-0.25, -0.2) is 4.79 Å². The third-order valence-electron chi connectivity index (χ3n) is 6.46. The van der Waals surface area contributed by atoms with Gasteiger partial charge in [-0.2, -0.15) is 0 Å². The van der Waals surface area contributed by atoms with Gasteiger partial charge in [0.1, 0.15) is 12.3 Å². The molecule has 0 radical (unpaired) electrons. The third-order valence-corrected chi connectivity index (χ3v) is 6.46. The van der Waals surface area contributed by atoms with Crippen molar-refractivity contribution in [3.05, 3.63) is 44.9 Å². The molecule has 41 heavy (non-hydrogen) atoms. The number of aliphatic hydroxyl groups is 2. The first-order chi connectivity index (χ1) is 19.2. The first-order valence-corrected chi connectivity index (χ1v) is 13.6. The van der Waals surface area contributed by atoms with Crippen molar-refractivity contribution in [1.82, 2.24) is 20.2 Å². The second-order valence-corrected chi connectivity index (χ2v) is 10.7. The van der Waals surface area contributed by atoms with Crippen molar-refractivity contribution in [3.8, 4) is 0 Å². The van der Waals surface area contributed by atoms with Crippen LogP contribution in [0.1, 0.15) is 71.9 Å². The van der Waals surface area contributed by atoms with Gasteiger partial charge >= 0.3 is 5.69 Å². The van der Waals surface area contributed by atoms with Crippen LogP contribution in [0.25, 0.3) is 0 Å².